The van der Waals surface area contributed by atoms with E-state index in [2.05, 4.69) is 10.6 Å². The summed E-state index contributed by atoms with van der Waals surface area (Å²) in [6, 6.07) is 4.11. The molecule has 1 unspecified atom stereocenters. The summed E-state index contributed by atoms with van der Waals surface area (Å²) in [5.41, 5.74) is 1.16. The second-order valence-electron chi connectivity index (χ2n) is 4.76. The van der Waals surface area contributed by atoms with Gasteiger partial charge in [0.05, 0.1) is 6.61 Å². The van der Waals surface area contributed by atoms with Gasteiger partial charge < -0.3 is 15.4 Å². The molecule has 0 bridgehead atoms. The van der Waals surface area contributed by atoms with Crippen LogP contribution in [-0.2, 0) is 9.53 Å². The van der Waals surface area contributed by atoms with Gasteiger partial charge in [0, 0.05) is 12.1 Å². The lowest BCUT2D eigenvalue weighted by molar-refractivity contribution is -0.121. The summed E-state index contributed by atoms with van der Waals surface area (Å²) in [7, 11) is 0. The van der Waals surface area contributed by atoms with Crippen molar-refractivity contribution in [1.29, 1.82) is 0 Å². The number of benzene rings is 1. The predicted molar refractivity (Wildman–Crippen MR) is 85.6 cm³/mol. The van der Waals surface area contributed by atoms with Crippen molar-refractivity contribution in [2.75, 3.05) is 11.9 Å². The molecule has 1 atom stereocenters. The molecule has 22 heavy (non-hydrogen) atoms. The molecule has 8 heteroatoms. The van der Waals surface area contributed by atoms with Crippen LogP contribution in [0.25, 0.3) is 0 Å². The van der Waals surface area contributed by atoms with Crippen LogP contribution in [0.2, 0.25) is 0 Å². The number of halogens is 4. The summed E-state index contributed by atoms with van der Waals surface area (Å²) in [5.74, 6) is -0.667. The molecule has 1 aliphatic rings. The second-order valence-corrected chi connectivity index (χ2v) is 7.13. The predicted octanol–water partition coefficient (Wildman–Crippen LogP) is 3.66. The molecule has 0 spiro atoms. The largest absolute Gasteiger partial charge is 0.488 e. The number of amides is 1. The first-order valence-electron chi connectivity index (χ1n) is 6.50. The maximum Gasteiger partial charge on any atom is 0.287 e. The smallest absolute Gasteiger partial charge is 0.287 e. The van der Waals surface area contributed by atoms with Crippen LogP contribution in [0.15, 0.2) is 30.0 Å². The van der Waals surface area contributed by atoms with E-state index >= 15 is 0 Å². The van der Waals surface area contributed by atoms with E-state index in [0.29, 0.717) is 24.3 Å². The number of alkyl halides is 3. The Hall–Kier alpha value is -1.17. The monoisotopic (exact) mass is 366 g/mol. The molecule has 1 amide bonds. The third-order valence-corrected chi connectivity index (χ3v) is 3.67. The Morgan fingerprint density at radius 1 is 1.41 bits per heavy atom. The normalized spacial score (nSPS) is 15.8. The number of anilines is 1. The molecule has 2 rings (SSSR count). The molecule has 4 nitrogen and oxygen atoms in total. The first-order valence-corrected chi connectivity index (χ1v) is 7.64. The van der Waals surface area contributed by atoms with Gasteiger partial charge in [-0.1, -0.05) is 34.8 Å². The molecule has 0 aliphatic carbocycles. The molecule has 0 saturated heterocycles. The van der Waals surface area contributed by atoms with Gasteiger partial charge in [0.25, 0.3) is 5.91 Å². The highest BCUT2D eigenvalue weighted by molar-refractivity contribution is 6.68. The Kier molecular flexibility index (Phi) is 5.42. The molecule has 1 aromatic carbocycles. The van der Waals surface area contributed by atoms with E-state index in [0.717, 1.165) is 0 Å². The van der Waals surface area contributed by atoms with E-state index in [1.165, 1.54) is 18.2 Å². The first kappa shape index (κ1) is 17.2. The zero-order chi connectivity index (χ0) is 16.3. The first-order chi connectivity index (χ1) is 10.3. The summed E-state index contributed by atoms with van der Waals surface area (Å²) in [6.07, 6.45) is 1.30. The van der Waals surface area contributed by atoms with Crippen LogP contribution in [0.5, 0.6) is 0 Å². The highest BCUT2D eigenvalue weighted by Crippen LogP contribution is 2.32. The van der Waals surface area contributed by atoms with Gasteiger partial charge in [0.2, 0.25) is 3.79 Å². The Morgan fingerprint density at radius 3 is 2.68 bits per heavy atom. The van der Waals surface area contributed by atoms with Gasteiger partial charge in [-0.3, -0.25) is 4.79 Å². The molecule has 1 heterocycles. The summed E-state index contributed by atoms with van der Waals surface area (Å²) in [4.78, 5) is 12.1. The Bertz CT molecular complexity index is 602. The summed E-state index contributed by atoms with van der Waals surface area (Å²) in [5, 5.41) is 5.45. The Labute approximate surface area is 142 Å². The number of hydrogen-bond donors (Lipinski definition) is 2. The van der Waals surface area contributed by atoms with Crippen molar-refractivity contribution >= 4 is 46.4 Å². The van der Waals surface area contributed by atoms with Crippen LogP contribution < -0.4 is 10.6 Å². The van der Waals surface area contributed by atoms with Gasteiger partial charge in [-0.25, -0.2) is 4.39 Å². The average molecular weight is 368 g/mol. The Balaban J connectivity index is 2.14. The highest BCUT2D eigenvalue weighted by Gasteiger charge is 2.35. The molecule has 120 valence electrons. The van der Waals surface area contributed by atoms with E-state index in [9.17, 15) is 9.18 Å². The van der Waals surface area contributed by atoms with Crippen LogP contribution >= 0.6 is 34.8 Å². The Morgan fingerprint density at radius 2 is 2.14 bits per heavy atom. The zero-order valence-corrected chi connectivity index (χ0v) is 13.9. The lowest BCUT2D eigenvalue weighted by atomic mass is 10.2. The quantitative estimate of drug-likeness (QED) is 0.631. The molecule has 1 aliphatic heterocycles. The summed E-state index contributed by atoms with van der Waals surface area (Å²) in [6.45, 7) is 2.15. The summed E-state index contributed by atoms with van der Waals surface area (Å²) < 4.78 is 16.5. The van der Waals surface area contributed by atoms with E-state index in [4.69, 9.17) is 39.5 Å². The van der Waals surface area contributed by atoms with Crippen molar-refractivity contribution < 1.29 is 13.9 Å². The fourth-order valence-corrected chi connectivity index (χ4v) is 2.25. The molecule has 0 radical (unpaired) electrons. The third-order valence-electron chi connectivity index (χ3n) is 3.02. The number of hydrogen-bond acceptors (Lipinski definition) is 3. The molecular formula is C14H14Cl3FN2O2. The minimum absolute atomic E-state index is 0.192. The van der Waals surface area contributed by atoms with Crippen LogP contribution in [0, 0.1) is 12.7 Å². The fraction of sp³-hybridized carbons (Fsp3) is 0.357. The van der Waals surface area contributed by atoms with Crippen molar-refractivity contribution in [2.24, 2.45) is 0 Å². The number of rotatable bonds is 4. The van der Waals surface area contributed by atoms with Crippen LogP contribution in [0.4, 0.5) is 10.1 Å². The van der Waals surface area contributed by atoms with Crippen molar-refractivity contribution in [2.45, 2.75) is 23.3 Å². The minimum atomic E-state index is -1.81. The number of ether oxygens (including phenoxy) is 1. The van der Waals surface area contributed by atoms with E-state index in [-0.39, 0.29) is 11.6 Å². The lowest BCUT2D eigenvalue weighted by Crippen LogP contribution is -2.49. The van der Waals surface area contributed by atoms with Crippen molar-refractivity contribution in [3.05, 3.63) is 41.4 Å². The van der Waals surface area contributed by atoms with Gasteiger partial charge in [-0.05, 0) is 36.8 Å². The van der Waals surface area contributed by atoms with Crippen LogP contribution in [0.1, 0.15) is 12.0 Å². The summed E-state index contributed by atoms with van der Waals surface area (Å²) >= 11 is 17.7. The lowest BCUT2D eigenvalue weighted by Gasteiger charge is -2.28. The van der Waals surface area contributed by atoms with Crippen molar-refractivity contribution in [3.8, 4) is 0 Å². The topological polar surface area (TPSA) is 50.4 Å². The maximum absolute atomic E-state index is 13.1. The minimum Gasteiger partial charge on any atom is -0.488 e. The van der Waals surface area contributed by atoms with E-state index in [1.54, 1.807) is 13.0 Å². The van der Waals surface area contributed by atoms with Crippen LogP contribution in [0.3, 0.4) is 0 Å². The second kappa shape index (κ2) is 6.94. The van der Waals surface area contributed by atoms with E-state index in [1.807, 2.05) is 0 Å². The number of aryl methyl sites for hydroxylation is 1. The van der Waals surface area contributed by atoms with Crippen molar-refractivity contribution in [3.63, 3.8) is 0 Å². The standard InChI is InChI=1S/C14H14Cl3FN2O2/c1-8-7-9(18)4-5-10(8)19-13(14(15,16)17)20-12(21)11-3-2-6-22-11/h3-5,7,13,19H,2,6H2,1H3,(H,20,21). The fourth-order valence-electron chi connectivity index (χ4n) is 1.92. The number of carbonyl (C=O) groups excluding carboxylic acids is 1. The number of carbonyl (C=O) groups is 1. The van der Waals surface area contributed by atoms with Gasteiger partial charge in [0.1, 0.15) is 12.0 Å². The van der Waals surface area contributed by atoms with Gasteiger partial charge in [-0.2, -0.15) is 0 Å². The maximum atomic E-state index is 13.1. The third kappa shape index (κ3) is 4.41. The SMILES string of the molecule is Cc1cc(F)ccc1NC(NC(=O)C1=CCCO1)C(Cl)(Cl)Cl. The average Bonchev–Trinajstić information content (AvgIpc) is 2.93. The zero-order valence-electron chi connectivity index (χ0n) is 11.6. The molecule has 0 aromatic heterocycles. The van der Waals surface area contributed by atoms with Gasteiger partial charge in [-0.15, -0.1) is 0 Å². The van der Waals surface area contributed by atoms with E-state index < -0.39 is 15.9 Å². The molecule has 1 aromatic rings. The van der Waals surface area contributed by atoms with Crippen molar-refractivity contribution in [1.82, 2.24) is 5.32 Å². The highest BCUT2D eigenvalue weighted by atomic mass is 35.6. The molecular weight excluding hydrogens is 354 g/mol. The molecule has 2 N–H and O–H groups in total. The molecule has 0 fully saturated rings. The van der Waals surface area contributed by atoms with Crippen LogP contribution in [-0.4, -0.2) is 22.5 Å². The van der Waals surface area contributed by atoms with Gasteiger partial charge in [0.15, 0.2) is 5.76 Å². The number of nitrogens with one attached hydrogen (secondary N) is 2. The van der Waals surface area contributed by atoms with Gasteiger partial charge >= 0.3 is 0 Å². The molecule has 0 saturated carbocycles.